The topological polar surface area (TPSA) is 136 Å². The third-order valence-electron chi connectivity index (χ3n) is 1.67. The summed E-state index contributed by atoms with van der Waals surface area (Å²) >= 11 is 0. The van der Waals surface area contributed by atoms with Crippen molar-refractivity contribution in [3.05, 3.63) is 6.07 Å². The molecular formula is C7H14N6O2S. The molecule has 90 valence electrons. The summed E-state index contributed by atoms with van der Waals surface area (Å²) in [4.78, 5) is 7.65. The van der Waals surface area contributed by atoms with Crippen molar-refractivity contribution in [2.45, 2.75) is 0 Å². The Morgan fingerprint density at radius 3 is 2.56 bits per heavy atom. The minimum atomic E-state index is -3.00. The third-order valence-corrected chi connectivity index (χ3v) is 2.62. The normalized spacial score (nSPS) is 11.1. The third kappa shape index (κ3) is 4.28. The molecule has 9 heteroatoms. The molecule has 0 unspecified atom stereocenters. The second-order valence-electron chi connectivity index (χ2n) is 3.20. The number of sulfone groups is 1. The van der Waals surface area contributed by atoms with Gasteiger partial charge in [-0.15, -0.1) is 0 Å². The minimum Gasteiger partial charge on any atom is -0.369 e. The molecule has 16 heavy (non-hydrogen) atoms. The van der Waals surface area contributed by atoms with Crippen molar-refractivity contribution in [2.24, 2.45) is 5.84 Å². The fourth-order valence-corrected chi connectivity index (χ4v) is 1.47. The van der Waals surface area contributed by atoms with E-state index in [2.05, 4.69) is 20.7 Å². The number of hydrazine groups is 1. The van der Waals surface area contributed by atoms with Crippen LogP contribution in [0, 0.1) is 0 Å². The average molecular weight is 246 g/mol. The largest absolute Gasteiger partial charge is 0.369 e. The number of hydrogen-bond acceptors (Lipinski definition) is 8. The Labute approximate surface area is 93.3 Å². The Kier molecular flexibility index (Phi) is 3.85. The van der Waals surface area contributed by atoms with E-state index >= 15 is 0 Å². The second-order valence-corrected chi connectivity index (χ2v) is 5.46. The van der Waals surface area contributed by atoms with Crippen molar-refractivity contribution in [1.82, 2.24) is 9.97 Å². The first-order valence-electron chi connectivity index (χ1n) is 4.43. The highest BCUT2D eigenvalue weighted by Gasteiger charge is 2.04. The summed E-state index contributed by atoms with van der Waals surface area (Å²) in [5, 5.41) is 2.81. The van der Waals surface area contributed by atoms with Crippen LogP contribution in [0.3, 0.4) is 0 Å². The molecule has 0 aliphatic carbocycles. The zero-order valence-electron chi connectivity index (χ0n) is 8.77. The maximum Gasteiger partial charge on any atom is 0.223 e. The number of aromatic nitrogens is 2. The van der Waals surface area contributed by atoms with E-state index in [4.69, 9.17) is 11.6 Å². The van der Waals surface area contributed by atoms with E-state index < -0.39 is 9.84 Å². The first-order valence-corrected chi connectivity index (χ1v) is 6.49. The van der Waals surface area contributed by atoms with Gasteiger partial charge in [0.1, 0.15) is 21.5 Å². The summed E-state index contributed by atoms with van der Waals surface area (Å²) in [7, 11) is -3.00. The second kappa shape index (κ2) is 4.94. The van der Waals surface area contributed by atoms with E-state index in [0.717, 1.165) is 6.26 Å². The molecule has 1 aromatic rings. The van der Waals surface area contributed by atoms with Gasteiger partial charge < -0.3 is 16.5 Å². The van der Waals surface area contributed by atoms with Crippen molar-refractivity contribution >= 4 is 27.4 Å². The van der Waals surface area contributed by atoms with Gasteiger partial charge in [0.2, 0.25) is 5.95 Å². The van der Waals surface area contributed by atoms with Gasteiger partial charge in [0.15, 0.2) is 0 Å². The number of nitrogens with two attached hydrogens (primary N) is 2. The van der Waals surface area contributed by atoms with Gasteiger partial charge >= 0.3 is 0 Å². The minimum absolute atomic E-state index is 0.0162. The molecule has 1 rings (SSSR count). The van der Waals surface area contributed by atoms with Crippen LogP contribution in [0.1, 0.15) is 0 Å². The zero-order chi connectivity index (χ0) is 12.2. The van der Waals surface area contributed by atoms with Crippen LogP contribution in [0.2, 0.25) is 0 Å². The Bertz CT molecular complexity index is 460. The molecular weight excluding hydrogens is 232 g/mol. The van der Waals surface area contributed by atoms with Crippen molar-refractivity contribution in [3.8, 4) is 0 Å². The lowest BCUT2D eigenvalue weighted by molar-refractivity contribution is 0.602. The van der Waals surface area contributed by atoms with E-state index in [1.807, 2.05) is 0 Å². The molecule has 1 heterocycles. The fraction of sp³-hybridized carbons (Fsp3) is 0.429. The van der Waals surface area contributed by atoms with Crippen LogP contribution in [0.25, 0.3) is 0 Å². The Morgan fingerprint density at radius 1 is 1.38 bits per heavy atom. The summed E-state index contributed by atoms with van der Waals surface area (Å²) in [6, 6.07) is 1.53. The molecule has 0 fully saturated rings. The summed E-state index contributed by atoms with van der Waals surface area (Å²) < 4.78 is 21.8. The highest BCUT2D eigenvalue weighted by Crippen LogP contribution is 2.10. The average Bonchev–Trinajstić information content (AvgIpc) is 2.14. The number of rotatable bonds is 5. The predicted octanol–water partition coefficient (Wildman–Crippen LogP) is -1.20. The lowest BCUT2D eigenvalue weighted by Gasteiger charge is -2.07. The van der Waals surface area contributed by atoms with Crippen LogP contribution in [-0.4, -0.2) is 36.9 Å². The smallest absolute Gasteiger partial charge is 0.223 e. The van der Waals surface area contributed by atoms with Gasteiger partial charge in [0.25, 0.3) is 0 Å². The standard InChI is InChI=1S/C7H14N6O2S/c1-16(14,15)3-2-10-5-4-6(13-9)12-7(8)11-5/h4H,2-3,9H2,1H3,(H4,8,10,11,12,13). The van der Waals surface area contributed by atoms with E-state index in [1.165, 1.54) is 6.07 Å². The molecule has 8 nitrogen and oxygen atoms in total. The molecule has 6 N–H and O–H groups in total. The van der Waals surface area contributed by atoms with E-state index in [0.29, 0.717) is 11.6 Å². The fourth-order valence-electron chi connectivity index (χ4n) is 0.995. The Morgan fingerprint density at radius 2 is 2.00 bits per heavy atom. The van der Waals surface area contributed by atoms with Crippen molar-refractivity contribution in [3.63, 3.8) is 0 Å². The molecule has 0 radical (unpaired) electrons. The van der Waals surface area contributed by atoms with Gasteiger partial charge in [-0.2, -0.15) is 9.97 Å². The molecule has 0 saturated carbocycles. The first-order chi connectivity index (χ1) is 7.40. The number of nitrogens with one attached hydrogen (secondary N) is 2. The molecule has 0 aliphatic heterocycles. The molecule has 0 spiro atoms. The summed E-state index contributed by atoms with van der Waals surface area (Å²) in [5.41, 5.74) is 7.74. The SMILES string of the molecule is CS(=O)(=O)CCNc1cc(NN)nc(N)n1. The first kappa shape index (κ1) is 12.5. The quantitative estimate of drug-likeness (QED) is 0.376. The van der Waals surface area contributed by atoms with E-state index in [9.17, 15) is 8.42 Å². The summed E-state index contributed by atoms with van der Waals surface area (Å²) in [5.74, 6) is 6.01. The number of hydrogen-bond donors (Lipinski definition) is 4. The molecule has 0 bridgehead atoms. The van der Waals surface area contributed by atoms with Crippen molar-refractivity contribution in [2.75, 3.05) is 35.0 Å². The van der Waals surface area contributed by atoms with Crippen molar-refractivity contribution < 1.29 is 8.42 Å². The molecule has 0 atom stereocenters. The Hall–Kier alpha value is -1.61. The number of anilines is 3. The van der Waals surface area contributed by atoms with E-state index in [1.54, 1.807) is 0 Å². The maximum absolute atomic E-state index is 10.9. The Balaban J connectivity index is 2.63. The summed E-state index contributed by atoms with van der Waals surface area (Å²) in [6.45, 7) is 0.249. The predicted molar refractivity (Wildman–Crippen MR) is 62.5 cm³/mol. The monoisotopic (exact) mass is 246 g/mol. The van der Waals surface area contributed by atoms with Gasteiger partial charge in [0, 0.05) is 18.9 Å². The van der Waals surface area contributed by atoms with Crippen LogP contribution in [0.4, 0.5) is 17.6 Å². The van der Waals surface area contributed by atoms with Crippen LogP contribution in [-0.2, 0) is 9.84 Å². The maximum atomic E-state index is 10.9. The zero-order valence-corrected chi connectivity index (χ0v) is 9.58. The van der Waals surface area contributed by atoms with Gasteiger partial charge in [-0.1, -0.05) is 0 Å². The van der Waals surface area contributed by atoms with Crippen LogP contribution < -0.4 is 22.3 Å². The van der Waals surface area contributed by atoms with Crippen LogP contribution >= 0.6 is 0 Å². The molecule has 0 aliphatic rings. The van der Waals surface area contributed by atoms with E-state index in [-0.39, 0.29) is 18.2 Å². The highest BCUT2D eigenvalue weighted by molar-refractivity contribution is 7.90. The molecule has 0 saturated heterocycles. The molecule has 0 aromatic carbocycles. The number of nitrogen functional groups attached to an aromatic ring is 2. The highest BCUT2D eigenvalue weighted by atomic mass is 32.2. The van der Waals surface area contributed by atoms with Gasteiger partial charge in [0.05, 0.1) is 5.75 Å². The lowest BCUT2D eigenvalue weighted by atomic mass is 10.5. The van der Waals surface area contributed by atoms with Gasteiger partial charge in [-0.25, -0.2) is 14.3 Å². The van der Waals surface area contributed by atoms with Gasteiger partial charge in [-0.3, -0.25) is 0 Å². The van der Waals surface area contributed by atoms with Crippen LogP contribution in [0.5, 0.6) is 0 Å². The molecule has 0 amide bonds. The summed E-state index contributed by atoms with van der Waals surface area (Å²) in [6.07, 6.45) is 1.16. The number of nitrogens with zero attached hydrogens (tertiary/aromatic N) is 2. The van der Waals surface area contributed by atoms with Crippen LogP contribution in [0.15, 0.2) is 6.07 Å². The van der Waals surface area contributed by atoms with Crippen molar-refractivity contribution in [1.29, 1.82) is 0 Å². The molecule has 1 aromatic heterocycles. The van der Waals surface area contributed by atoms with Gasteiger partial charge in [-0.05, 0) is 0 Å². The lowest BCUT2D eigenvalue weighted by Crippen LogP contribution is -2.16.